The maximum Gasteiger partial charge on any atom is 0.418 e. The Morgan fingerprint density at radius 1 is 1.41 bits per heavy atom. The number of aromatic nitrogens is 1. The third-order valence-corrected chi connectivity index (χ3v) is 2.85. The molecule has 0 saturated heterocycles. The number of hydrogen-bond acceptors (Lipinski definition) is 3. The number of methoxy groups -OCH3 is 1. The Kier molecular flexibility index (Phi) is 3.24. The zero-order chi connectivity index (χ0) is 12.4. The highest BCUT2D eigenvalue weighted by atomic mass is 35.5. The molecule has 0 aliphatic heterocycles. The van der Waals surface area contributed by atoms with E-state index in [9.17, 15) is 4.79 Å². The highest BCUT2D eigenvalue weighted by Crippen LogP contribution is 2.33. The second kappa shape index (κ2) is 4.67. The van der Waals surface area contributed by atoms with Crippen molar-refractivity contribution in [1.82, 2.24) is 4.57 Å². The largest absolute Gasteiger partial charge is 0.495 e. The Bertz CT molecular complexity index is 562. The topological polar surface area (TPSA) is 40.5 Å². The van der Waals surface area contributed by atoms with Gasteiger partial charge < -0.3 is 9.47 Å². The number of fused-ring (bicyclic) bond motifs is 1. The minimum atomic E-state index is -0.413. The monoisotopic (exact) mass is 253 g/mol. The zero-order valence-corrected chi connectivity index (χ0v) is 10.3. The van der Waals surface area contributed by atoms with E-state index in [4.69, 9.17) is 21.1 Å². The molecule has 17 heavy (non-hydrogen) atoms. The summed E-state index contributed by atoms with van der Waals surface area (Å²) < 4.78 is 11.5. The van der Waals surface area contributed by atoms with Crippen molar-refractivity contribution in [3.8, 4) is 5.75 Å². The van der Waals surface area contributed by atoms with E-state index in [0.29, 0.717) is 22.9 Å². The molecule has 0 aliphatic carbocycles. The van der Waals surface area contributed by atoms with Gasteiger partial charge in [0.15, 0.2) is 0 Å². The maximum absolute atomic E-state index is 11.7. The third-order valence-electron chi connectivity index (χ3n) is 2.46. The molecule has 0 atom stereocenters. The summed E-state index contributed by atoms with van der Waals surface area (Å²) in [7, 11) is 1.55. The molecule has 0 amide bonds. The molecule has 0 fully saturated rings. The normalized spacial score (nSPS) is 10.5. The standard InChI is InChI=1S/C12H12ClNO3/c1-3-17-12(15)14-7-6-8-9(14)4-5-10(16-2)11(8)13/h4-7H,3H2,1-2H3. The van der Waals surface area contributed by atoms with Crippen molar-refractivity contribution in [3.05, 3.63) is 29.4 Å². The van der Waals surface area contributed by atoms with Crippen LogP contribution >= 0.6 is 11.6 Å². The highest BCUT2D eigenvalue weighted by molar-refractivity contribution is 6.37. The van der Waals surface area contributed by atoms with Gasteiger partial charge in [0.1, 0.15) is 5.75 Å². The van der Waals surface area contributed by atoms with Crippen LogP contribution in [0.1, 0.15) is 6.92 Å². The molecule has 2 rings (SSSR count). The van der Waals surface area contributed by atoms with Crippen molar-refractivity contribution in [2.75, 3.05) is 13.7 Å². The molecule has 0 spiro atoms. The van der Waals surface area contributed by atoms with Crippen molar-refractivity contribution in [2.24, 2.45) is 0 Å². The fourth-order valence-corrected chi connectivity index (χ4v) is 1.97. The van der Waals surface area contributed by atoms with E-state index in [0.717, 1.165) is 5.39 Å². The molecule has 0 saturated carbocycles. The molecular weight excluding hydrogens is 242 g/mol. The van der Waals surface area contributed by atoms with Gasteiger partial charge in [-0.2, -0.15) is 0 Å². The van der Waals surface area contributed by atoms with Crippen LogP contribution in [0.5, 0.6) is 5.75 Å². The van der Waals surface area contributed by atoms with Crippen molar-refractivity contribution < 1.29 is 14.3 Å². The number of nitrogens with zero attached hydrogens (tertiary/aromatic N) is 1. The molecule has 0 unspecified atom stereocenters. The van der Waals surface area contributed by atoms with E-state index in [1.807, 2.05) is 0 Å². The first-order chi connectivity index (χ1) is 8.19. The quantitative estimate of drug-likeness (QED) is 0.824. The first-order valence-electron chi connectivity index (χ1n) is 5.19. The summed E-state index contributed by atoms with van der Waals surface area (Å²) in [5.74, 6) is 0.584. The van der Waals surface area contributed by atoms with Gasteiger partial charge in [-0.05, 0) is 25.1 Å². The van der Waals surface area contributed by atoms with E-state index in [1.165, 1.54) is 4.57 Å². The first-order valence-corrected chi connectivity index (χ1v) is 5.57. The number of carbonyl (C=O) groups is 1. The predicted octanol–water partition coefficient (Wildman–Crippen LogP) is 3.31. The summed E-state index contributed by atoms with van der Waals surface area (Å²) in [4.78, 5) is 11.7. The number of rotatable bonds is 2. The Labute approximate surface area is 104 Å². The van der Waals surface area contributed by atoms with E-state index in [1.54, 1.807) is 38.4 Å². The molecule has 2 aromatic rings. The minimum absolute atomic E-state index is 0.336. The van der Waals surface area contributed by atoms with E-state index >= 15 is 0 Å². The molecule has 90 valence electrons. The highest BCUT2D eigenvalue weighted by Gasteiger charge is 2.13. The van der Waals surface area contributed by atoms with Gasteiger partial charge in [0, 0.05) is 11.6 Å². The lowest BCUT2D eigenvalue weighted by molar-refractivity contribution is 0.155. The molecule has 0 bridgehead atoms. The van der Waals surface area contributed by atoms with E-state index in [-0.39, 0.29) is 0 Å². The van der Waals surface area contributed by atoms with Gasteiger partial charge in [0.25, 0.3) is 0 Å². The lowest BCUT2D eigenvalue weighted by Crippen LogP contribution is -2.11. The lowest BCUT2D eigenvalue weighted by Gasteiger charge is -2.06. The average molecular weight is 254 g/mol. The van der Waals surface area contributed by atoms with Crippen molar-refractivity contribution >= 4 is 28.6 Å². The van der Waals surface area contributed by atoms with Crippen LogP contribution in [0.2, 0.25) is 5.02 Å². The molecule has 1 heterocycles. The van der Waals surface area contributed by atoms with Gasteiger partial charge in [-0.25, -0.2) is 4.79 Å². The van der Waals surface area contributed by atoms with Crippen LogP contribution in [0, 0.1) is 0 Å². The second-order valence-corrected chi connectivity index (χ2v) is 3.78. The van der Waals surface area contributed by atoms with E-state index in [2.05, 4.69) is 0 Å². The summed E-state index contributed by atoms with van der Waals surface area (Å²) in [6.07, 6.45) is 1.22. The Morgan fingerprint density at radius 3 is 2.82 bits per heavy atom. The summed E-state index contributed by atoms with van der Waals surface area (Å²) in [6, 6.07) is 5.26. The molecular formula is C12H12ClNO3. The number of benzene rings is 1. The molecule has 1 aromatic carbocycles. The van der Waals surface area contributed by atoms with Crippen molar-refractivity contribution in [2.45, 2.75) is 6.92 Å². The Hall–Kier alpha value is -1.68. The molecule has 1 aromatic heterocycles. The number of halogens is 1. The van der Waals surface area contributed by atoms with Crippen LogP contribution in [0.3, 0.4) is 0 Å². The van der Waals surface area contributed by atoms with Crippen LogP contribution in [-0.2, 0) is 4.74 Å². The third kappa shape index (κ3) is 1.96. The fourth-order valence-electron chi connectivity index (χ4n) is 1.67. The molecule has 0 radical (unpaired) electrons. The van der Waals surface area contributed by atoms with Gasteiger partial charge in [0.05, 0.1) is 24.3 Å². The zero-order valence-electron chi connectivity index (χ0n) is 9.57. The van der Waals surface area contributed by atoms with Crippen molar-refractivity contribution in [1.29, 1.82) is 0 Å². The predicted molar refractivity (Wildman–Crippen MR) is 65.9 cm³/mol. The summed E-state index contributed by atoms with van der Waals surface area (Å²) in [5.41, 5.74) is 0.703. The Morgan fingerprint density at radius 2 is 2.18 bits per heavy atom. The van der Waals surface area contributed by atoms with Gasteiger partial charge in [-0.3, -0.25) is 4.57 Å². The minimum Gasteiger partial charge on any atom is -0.495 e. The summed E-state index contributed by atoms with van der Waals surface area (Å²) in [5, 5.41) is 1.26. The average Bonchev–Trinajstić information content (AvgIpc) is 2.74. The molecule has 0 aliphatic rings. The number of ether oxygens (including phenoxy) is 2. The van der Waals surface area contributed by atoms with Crippen LogP contribution < -0.4 is 4.74 Å². The van der Waals surface area contributed by atoms with Crippen molar-refractivity contribution in [3.63, 3.8) is 0 Å². The number of carbonyl (C=O) groups excluding carboxylic acids is 1. The SMILES string of the molecule is CCOC(=O)n1ccc2c(Cl)c(OC)ccc21. The Balaban J connectivity index is 2.55. The summed E-state index contributed by atoms with van der Waals surface area (Å²) in [6.45, 7) is 2.10. The van der Waals surface area contributed by atoms with Gasteiger partial charge in [-0.15, -0.1) is 0 Å². The van der Waals surface area contributed by atoms with Crippen LogP contribution in [0.4, 0.5) is 4.79 Å². The van der Waals surface area contributed by atoms with Gasteiger partial charge in [-0.1, -0.05) is 11.6 Å². The van der Waals surface area contributed by atoms with Crippen LogP contribution in [-0.4, -0.2) is 24.4 Å². The molecule has 0 N–H and O–H groups in total. The lowest BCUT2D eigenvalue weighted by atomic mass is 10.2. The molecule has 5 heteroatoms. The van der Waals surface area contributed by atoms with Crippen LogP contribution in [0.25, 0.3) is 10.9 Å². The van der Waals surface area contributed by atoms with Gasteiger partial charge in [0.2, 0.25) is 0 Å². The van der Waals surface area contributed by atoms with Gasteiger partial charge >= 0.3 is 6.09 Å². The fraction of sp³-hybridized carbons (Fsp3) is 0.250. The first kappa shape index (κ1) is 11.8. The van der Waals surface area contributed by atoms with Crippen LogP contribution in [0.15, 0.2) is 24.4 Å². The molecule has 4 nitrogen and oxygen atoms in total. The number of hydrogen-bond donors (Lipinski definition) is 0. The smallest absolute Gasteiger partial charge is 0.418 e. The van der Waals surface area contributed by atoms with E-state index < -0.39 is 6.09 Å². The maximum atomic E-state index is 11.7. The second-order valence-electron chi connectivity index (χ2n) is 3.40. The summed E-state index contributed by atoms with van der Waals surface area (Å²) >= 11 is 6.15.